The van der Waals surface area contributed by atoms with Gasteiger partial charge in [-0.2, -0.15) is 0 Å². The van der Waals surface area contributed by atoms with Crippen LogP contribution in [0.15, 0.2) is 24.8 Å². The van der Waals surface area contributed by atoms with E-state index in [-0.39, 0.29) is 16.7 Å². The van der Waals surface area contributed by atoms with E-state index >= 15 is 0 Å². The molecule has 1 rings (SSSR count). The molecule has 0 aliphatic carbocycles. The zero-order chi connectivity index (χ0) is 16.7. The zero-order valence-corrected chi connectivity index (χ0v) is 11.8. The van der Waals surface area contributed by atoms with E-state index in [0.29, 0.717) is 0 Å². The highest BCUT2D eigenvalue weighted by molar-refractivity contribution is 6.05. The maximum atomic E-state index is 11.9. The van der Waals surface area contributed by atoms with Gasteiger partial charge >= 0.3 is 23.9 Å². The fourth-order valence-corrected chi connectivity index (χ4v) is 1.42. The summed E-state index contributed by atoms with van der Waals surface area (Å²) in [6, 6.07) is 4.16. The smallest absolute Gasteiger partial charge is 0.248 e. The van der Waals surface area contributed by atoms with Gasteiger partial charge in [0.2, 0.25) is 0 Å². The van der Waals surface area contributed by atoms with Crippen LogP contribution in [0.4, 0.5) is 0 Å². The van der Waals surface area contributed by atoms with E-state index in [4.69, 9.17) is 0 Å². The topological polar surface area (TPSA) is 105 Å². The van der Waals surface area contributed by atoms with Gasteiger partial charge in [0.05, 0.1) is 11.1 Å². The molecule has 0 aromatic heterocycles. The average molecular weight is 308 g/mol. The molecule has 8 nitrogen and oxygen atoms in total. The average Bonchev–Trinajstić information content (AvgIpc) is 2.49. The number of hydrogen-bond donors (Lipinski definition) is 0. The standard InChI is InChI=1S/C14H12O8/c1-4-10-6-5-7-11(13(17)21-19-8(2)15)12(10)14(18)22-20-9(3)16/h4-7H,1H2,2-3H3. The Morgan fingerprint density at radius 1 is 0.909 bits per heavy atom. The largest absolute Gasteiger partial charge is 0.387 e. The summed E-state index contributed by atoms with van der Waals surface area (Å²) in [5.74, 6) is -3.92. The van der Waals surface area contributed by atoms with E-state index in [1.807, 2.05) is 0 Å². The molecule has 0 saturated carbocycles. The molecule has 116 valence electrons. The van der Waals surface area contributed by atoms with Crippen molar-refractivity contribution in [1.29, 1.82) is 0 Å². The molecule has 0 fully saturated rings. The van der Waals surface area contributed by atoms with Crippen molar-refractivity contribution in [2.75, 3.05) is 0 Å². The third kappa shape index (κ3) is 4.44. The predicted octanol–water partition coefficient (Wildman–Crippen LogP) is 1.60. The van der Waals surface area contributed by atoms with Crippen molar-refractivity contribution in [3.8, 4) is 0 Å². The van der Waals surface area contributed by atoms with Crippen molar-refractivity contribution >= 4 is 30.0 Å². The molecule has 0 spiro atoms. The Morgan fingerprint density at radius 3 is 1.95 bits per heavy atom. The van der Waals surface area contributed by atoms with Crippen molar-refractivity contribution in [2.24, 2.45) is 0 Å². The van der Waals surface area contributed by atoms with Crippen molar-refractivity contribution in [1.82, 2.24) is 0 Å². The van der Waals surface area contributed by atoms with Gasteiger partial charge in [0.15, 0.2) is 0 Å². The van der Waals surface area contributed by atoms with E-state index in [1.54, 1.807) is 0 Å². The van der Waals surface area contributed by atoms with Gasteiger partial charge in [-0.25, -0.2) is 38.7 Å². The van der Waals surface area contributed by atoms with Gasteiger partial charge in [-0.15, -0.1) is 0 Å². The van der Waals surface area contributed by atoms with Crippen LogP contribution >= 0.6 is 0 Å². The molecule has 0 amide bonds. The Labute approximate surface area is 125 Å². The lowest BCUT2D eigenvalue weighted by Gasteiger charge is -2.09. The summed E-state index contributed by atoms with van der Waals surface area (Å²) >= 11 is 0. The third-order valence-electron chi connectivity index (χ3n) is 2.21. The zero-order valence-electron chi connectivity index (χ0n) is 11.8. The molecule has 8 heteroatoms. The van der Waals surface area contributed by atoms with Gasteiger partial charge in [0, 0.05) is 13.8 Å². The first-order chi connectivity index (χ1) is 10.4. The molecular weight excluding hydrogens is 296 g/mol. The molecule has 1 aromatic rings. The van der Waals surface area contributed by atoms with Gasteiger partial charge in [-0.1, -0.05) is 24.8 Å². The normalized spacial score (nSPS) is 9.36. The van der Waals surface area contributed by atoms with Crippen molar-refractivity contribution < 1.29 is 38.7 Å². The summed E-state index contributed by atoms with van der Waals surface area (Å²) in [6.07, 6.45) is 1.28. The molecule has 0 N–H and O–H groups in total. The lowest BCUT2D eigenvalue weighted by atomic mass is 10.0. The third-order valence-corrected chi connectivity index (χ3v) is 2.21. The second-order valence-electron chi connectivity index (χ2n) is 3.87. The van der Waals surface area contributed by atoms with E-state index in [0.717, 1.165) is 13.8 Å². The maximum Gasteiger partial charge on any atom is 0.387 e. The molecule has 0 bridgehead atoms. The highest BCUT2D eigenvalue weighted by Gasteiger charge is 2.25. The van der Waals surface area contributed by atoms with Crippen LogP contribution in [0, 0.1) is 0 Å². The highest BCUT2D eigenvalue weighted by Crippen LogP contribution is 2.19. The quantitative estimate of drug-likeness (QED) is 0.612. The summed E-state index contributed by atoms with van der Waals surface area (Å²) in [4.78, 5) is 61.9. The highest BCUT2D eigenvalue weighted by atomic mass is 17.2. The van der Waals surface area contributed by atoms with Gasteiger partial charge < -0.3 is 0 Å². The molecule has 0 heterocycles. The summed E-state index contributed by atoms with van der Waals surface area (Å²) < 4.78 is 0. The molecular formula is C14H12O8. The van der Waals surface area contributed by atoms with Crippen molar-refractivity contribution in [3.63, 3.8) is 0 Å². The number of carbonyl (C=O) groups is 4. The number of rotatable bonds is 3. The van der Waals surface area contributed by atoms with Gasteiger partial charge in [-0.05, 0) is 11.6 Å². The fourth-order valence-electron chi connectivity index (χ4n) is 1.42. The SMILES string of the molecule is C=Cc1cccc(C(=O)OOC(C)=O)c1C(=O)OOC(C)=O. The molecule has 22 heavy (non-hydrogen) atoms. The Hall–Kier alpha value is -3.16. The second-order valence-corrected chi connectivity index (χ2v) is 3.87. The number of hydrogen-bond acceptors (Lipinski definition) is 8. The Morgan fingerprint density at radius 2 is 1.45 bits per heavy atom. The van der Waals surface area contributed by atoms with Crippen LogP contribution in [0.3, 0.4) is 0 Å². The summed E-state index contributed by atoms with van der Waals surface area (Å²) in [5, 5.41) is 0. The predicted molar refractivity (Wildman–Crippen MR) is 70.9 cm³/mol. The van der Waals surface area contributed by atoms with Crippen molar-refractivity contribution in [3.05, 3.63) is 41.5 Å². The lowest BCUT2D eigenvalue weighted by molar-refractivity contribution is -0.232. The molecule has 0 unspecified atom stereocenters. The van der Waals surface area contributed by atoms with E-state index < -0.39 is 23.9 Å². The fraction of sp³-hybridized carbons (Fsp3) is 0.143. The van der Waals surface area contributed by atoms with E-state index in [1.165, 1.54) is 24.3 Å². The monoisotopic (exact) mass is 308 g/mol. The summed E-state index contributed by atoms with van der Waals surface area (Å²) in [6.45, 7) is 5.55. The van der Waals surface area contributed by atoms with Crippen LogP contribution < -0.4 is 0 Å². The second kappa shape index (κ2) is 7.58. The van der Waals surface area contributed by atoms with Gasteiger partial charge in [0.1, 0.15) is 0 Å². The molecule has 0 atom stereocenters. The Kier molecular flexibility index (Phi) is 5.82. The first-order valence-electron chi connectivity index (χ1n) is 5.91. The molecule has 1 aromatic carbocycles. The maximum absolute atomic E-state index is 11.9. The molecule has 0 radical (unpaired) electrons. The minimum Gasteiger partial charge on any atom is -0.248 e. The minimum absolute atomic E-state index is 0.231. The van der Waals surface area contributed by atoms with Crippen LogP contribution in [0.1, 0.15) is 40.1 Å². The first kappa shape index (κ1) is 16.9. The van der Waals surface area contributed by atoms with Crippen LogP contribution in [0.25, 0.3) is 6.08 Å². The Balaban J connectivity index is 3.14. The van der Waals surface area contributed by atoms with Crippen LogP contribution in [-0.2, 0) is 29.1 Å². The minimum atomic E-state index is -1.11. The lowest BCUT2D eigenvalue weighted by Crippen LogP contribution is -2.17. The number of benzene rings is 1. The van der Waals surface area contributed by atoms with Crippen LogP contribution in [0.2, 0.25) is 0 Å². The van der Waals surface area contributed by atoms with Crippen molar-refractivity contribution in [2.45, 2.75) is 13.8 Å². The number of carbonyl (C=O) groups excluding carboxylic acids is 4. The molecule has 0 aliphatic heterocycles. The van der Waals surface area contributed by atoms with Crippen LogP contribution in [0.5, 0.6) is 0 Å². The summed E-state index contributed by atoms with van der Waals surface area (Å²) in [7, 11) is 0. The van der Waals surface area contributed by atoms with E-state index in [2.05, 4.69) is 26.1 Å². The molecule has 0 saturated heterocycles. The Bertz CT molecular complexity index is 632. The van der Waals surface area contributed by atoms with Crippen LogP contribution in [-0.4, -0.2) is 23.9 Å². The van der Waals surface area contributed by atoms with Gasteiger partial charge in [0.25, 0.3) is 0 Å². The summed E-state index contributed by atoms with van der Waals surface area (Å²) in [5.41, 5.74) is -0.277. The van der Waals surface area contributed by atoms with E-state index in [9.17, 15) is 19.2 Å². The molecule has 0 aliphatic rings. The van der Waals surface area contributed by atoms with Gasteiger partial charge in [-0.3, -0.25) is 0 Å². The first-order valence-corrected chi connectivity index (χ1v) is 5.91.